The van der Waals surface area contributed by atoms with Gasteiger partial charge in [0, 0.05) is 23.8 Å². The van der Waals surface area contributed by atoms with E-state index in [2.05, 4.69) is 15.5 Å². The number of hydrogen-bond acceptors (Lipinski definition) is 6. The minimum atomic E-state index is -1.04. The van der Waals surface area contributed by atoms with Crippen molar-refractivity contribution in [3.05, 3.63) is 22.7 Å². The van der Waals surface area contributed by atoms with Crippen molar-refractivity contribution in [3.63, 3.8) is 0 Å². The topological polar surface area (TPSA) is 105 Å². The molecule has 1 amide bonds. The quantitative estimate of drug-likeness (QED) is 0.807. The molecule has 0 saturated carbocycles. The Balaban J connectivity index is 1.87. The lowest BCUT2D eigenvalue weighted by Gasteiger charge is -2.17. The highest BCUT2D eigenvalue weighted by Gasteiger charge is 2.23. The summed E-state index contributed by atoms with van der Waals surface area (Å²) in [5.74, 6) is -0.734. The molecule has 0 aliphatic rings. The Morgan fingerprint density at radius 3 is 2.82 bits per heavy atom. The smallest absolute Gasteiger partial charge is 0.326 e. The maximum Gasteiger partial charge on any atom is 0.326 e. The summed E-state index contributed by atoms with van der Waals surface area (Å²) in [6.07, 6.45) is 0.370. The highest BCUT2D eigenvalue weighted by atomic mass is 32.1. The van der Waals surface area contributed by atoms with Crippen LogP contribution in [0.2, 0.25) is 0 Å². The van der Waals surface area contributed by atoms with Crippen LogP contribution in [-0.2, 0) is 16.0 Å². The Morgan fingerprint density at radius 2 is 2.23 bits per heavy atom. The highest BCUT2D eigenvalue weighted by molar-refractivity contribution is 7.08. The predicted molar refractivity (Wildman–Crippen MR) is 80.3 cm³/mol. The number of nitrogens with zero attached hydrogens (tertiary/aromatic N) is 2. The standard InChI is InChI=1S/C14H17N3O4S/c1-8(2)12(14(19)20)15-10(18)3-4-11-16-13(17-21-11)9-5-6-22-7-9/h5-8,12H,3-4H2,1-2H3,(H,15,18)(H,19,20). The molecule has 0 bridgehead atoms. The van der Waals surface area contributed by atoms with E-state index in [0.717, 1.165) is 5.56 Å². The maximum atomic E-state index is 11.8. The predicted octanol–water partition coefficient (Wildman–Crippen LogP) is 1.96. The number of thiophene rings is 1. The zero-order chi connectivity index (χ0) is 16.1. The zero-order valence-electron chi connectivity index (χ0n) is 12.3. The average Bonchev–Trinajstić information content (AvgIpc) is 3.12. The van der Waals surface area contributed by atoms with Crippen molar-refractivity contribution in [1.29, 1.82) is 0 Å². The van der Waals surface area contributed by atoms with Gasteiger partial charge in [-0.15, -0.1) is 0 Å². The van der Waals surface area contributed by atoms with Gasteiger partial charge >= 0.3 is 5.97 Å². The first-order valence-electron chi connectivity index (χ1n) is 6.84. The summed E-state index contributed by atoms with van der Waals surface area (Å²) < 4.78 is 5.09. The Kier molecular flexibility index (Phi) is 5.26. The lowest BCUT2D eigenvalue weighted by Crippen LogP contribution is -2.44. The van der Waals surface area contributed by atoms with Crippen molar-refractivity contribution < 1.29 is 19.2 Å². The van der Waals surface area contributed by atoms with E-state index in [1.807, 2.05) is 16.8 Å². The van der Waals surface area contributed by atoms with Crippen LogP contribution < -0.4 is 5.32 Å². The average molecular weight is 323 g/mol. The second-order valence-electron chi connectivity index (χ2n) is 5.15. The second-order valence-corrected chi connectivity index (χ2v) is 5.93. The fourth-order valence-corrected chi connectivity index (χ4v) is 2.48. The van der Waals surface area contributed by atoms with Gasteiger partial charge in [-0.05, 0) is 17.4 Å². The molecule has 0 aliphatic heterocycles. The monoisotopic (exact) mass is 323 g/mol. The van der Waals surface area contributed by atoms with Crippen LogP contribution in [0.15, 0.2) is 21.3 Å². The number of carboxylic acid groups (broad SMARTS) is 1. The minimum Gasteiger partial charge on any atom is -0.480 e. The third-order valence-corrected chi connectivity index (χ3v) is 3.75. The SMILES string of the molecule is CC(C)C(NC(=O)CCc1nc(-c2ccsc2)no1)C(=O)O. The van der Waals surface area contributed by atoms with E-state index in [0.29, 0.717) is 11.7 Å². The van der Waals surface area contributed by atoms with E-state index in [9.17, 15) is 9.59 Å². The van der Waals surface area contributed by atoms with Crippen molar-refractivity contribution in [2.45, 2.75) is 32.7 Å². The second kappa shape index (κ2) is 7.17. The minimum absolute atomic E-state index is 0.0990. The van der Waals surface area contributed by atoms with Gasteiger partial charge in [-0.1, -0.05) is 19.0 Å². The van der Waals surface area contributed by atoms with Gasteiger partial charge in [-0.25, -0.2) is 4.79 Å². The van der Waals surface area contributed by atoms with E-state index >= 15 is 0 Å². The maximum absolute atomic E-state index is 11.8. The first-order chi connectivity index (χ1) is 10.5. The van der Waals surface area contributed by atoms with Crippen LogP contribution in [0.25, 0.3) is 11.4 Å². The Labute approximate surface area is 131 Å². The third kappa shape index (κ3) is 4.14. The van der Waals surface area contributed by atoms with E-state index in [4.69, 9.17) is 9.63 Å². The summed E-state index contributed by atoms with van der Waals surface area (Å²) in [6.45, 7) is 3.48. The van der Waals surface area contributed by atoms with Crippen LogP contribution in [0, 0.1) is 5.92 Å². The zero-order valence-corrected chi connectivity index (χ0v) is 13.1. The van der Waals surface area contributed by atoms with Crippen molar-refractivity contribution >= 4 is 23.2 Å². The number of carbonyl (C=O) groups is 2. The molecule has 8 heteroatoms. The van der Waals surface area contributed by atoms with Gasteiger partial charge in [0.1, 0.15) is 6.04 Å². The van der Waals surface area contributed by atoms with E-state index in [1.54, 1.807) is 13.8 Å². The number of aliphatic carboxylic acids is 1. The number of amides is 1. The molecule has 2 rings (SSSR count). The molecule has 2 N–H and O–H groups in total. The molecular weight excluding hydrogens is 306 g/mol. The van der Waals surface area contributed by atoms with Crippen LogP contribution in [0.5, 0.6) is 0 Å². The van der Waals surface area contributed by atoms with Crippen LogP contribution in [0.3, 0.4) is 0 Å². The van der Waals surface area contributed by atoms with Gasteiger partial charge in [0.2, 0.25) is 17.6 Å². The van der Waals surface area contributed by atoms with Gasteiger partial charge in [-0.2, -0.15) is 16.3 Å². The summed E-state index contributed by atoms with van der Waals surface area (Å²) in [7, 11) is 0. The van der Waals surface area contributed by atoms with Crippen LogP contribution in [-0.4, -0.2) is 33.2 Å². The molecule has 1 atom stereocenters. The molecule has 7 nitrogen and oxygen atoms in total. The van der Waals surface area contributed by atoms with Gasteiger partial charge in [0.15, 0.2) is 0 Å². The Hall–Kier alpha value is -2.22. The number of hydrogen-bond donors (Lipinski definition) is 2. The van der Waals surface area contributed by atoms with Crippen molar-refractivity contribution in [1.82, 2.24) is 15.5 Å². The molecule has 2 aromatic rings. The molecule has 0 spiro atoms. The molecule has 1 unspecified atom stereocenters. The number of carboxylic acids is 1. The van der Waals surface area contributed by atoms with Crippen LogP contribution in [0.4, 0.5) is 0 Å². The molecule has 0 aliphatic carbocycles. The Bertz CT molecular complexity index is 636. The summed E-state index contributed by atoms with van der Waals surface area (Å²) >= 11 is 1.53. The van der Waals surface area contributed by atoms with Crippen molar-refractivity contribution in [2.24, 2.45) is 5.92 Å². The number of carbonyl (C=O) groups excluding carboxylic acids is 1. The Morgan fingerprint density at radius 1 is 1.45 bits per heavy atom. The van der Waals surface area contributed by atoms with Gasteiger partial charge in [0.25, 0.3) is 0 Å². The lowest BCUT2D eigenvalue weighted by atomic mass is 10.0. The van der Waals surface area contributed by atoms with Crippen LogP contribution >= 0.6 is 11.3 Å². The molecule has 2 aromatic heterocycles. The van der Waals surface area contributed by atoms with Gasteiger partial charge in [0.05, 0.1) is 0 Å². The van der Waals surface area contributed by atoms with E-state index in [-0.39, 0.29) is 24.7 Å². The fourth-order valence-electron chi connectivity index (χ4n) is 1.84. The molecule has 118 valence electrons. The third-order valence-electron chi connectivity index (χ3n) is 3.06. The fraction of sp³-hybridized carbons (Fsp3) is 0.429. The number of nitrogens with one attached hydrogen (secondary N) is 1. The first kappa shape index (κ1) is 16.2. The molecule has 22 heavy (non-hydrogen) atoms. The van der Waals surface area contributed by atoms with E-state index < -0.39 is 12.0 Å². The molecule has 0 aromatic carbocycles. The van der Waals surface area contributed by atoms with Crippen molar-refractivity contribution in [3.8, 4) is 11.4 Å². The summed E-state index contributed by atoms with van der Waals surface area (Å²) in [5.41, 5.74) is 0.871. The summed E-state index contributed by atoms with van der Waals surface area (Å²) in [6, 6.07) is 0.989. The van der Waals surface area contributed by atoms with Gasteiger partial charge in [-0.3, -0.25) is 4.79 Å². The normalized spacial score (nSPS) is 12.3. The number of rotatable bonds is 7. The lowest BCUT2D eigenvalue weighted by molar-refractivity contribution is -0.143. The molecule has 0 radical (unpaired) electrons. The number of aromatic nitrogens is 2. The largest absolute Gasteiger partial charge is 0.480 e. The van der Waals surface area contributed by atoms with Crippen molar-refractivity contribution in [2.75, 3.05) is 0 Å². The molecular formula is C14H17N3O4S. The first-order valence-corrected chi connectivity index (χ1v) is 7.79. The number of aryl methyl sites for hydroxylation is 1. The summed E-state index contributed by atoms with van der Waals surface area (Å²) in [4.78, 5) is 27.0. The highest BCUT2D eigenvalue weighted by Crippen LogP contribution is 2.18. The molecule has 2 heterocycles. The van der Waals surface area contributed by atoms with Crippen LogP contribution in [0.1, 0.15) is 26.2 Å². The molecule has 0 fully saturated rings. The molecule has 0 saturated heterocycles. The van der Waals surface area contributed by atoms with E-state index in [1.165, 1.54) is 11.3 Å². The van der Waals surface area contributed by atoms with Gasteiger partial charge < -0.3 is 14.9 Å². The summed E-state index contributed by atoms with van der Waals surface area (Å²) in [5, 5.41) is 19.2.